The maximum Gasteiger partial charge on any atom is 0.288 e. The lowest BCUT2D eigenvalue weighted by Gasteiger charge is -2.18. The van der Waals surface area contributed by atoms with E-state index in [4.69, 9.17) is 5.73 Å². The van der Waals surface area contributed by atoms with Crippen molar-refractivity contribution in [2.75, 3.05) is 24.5 Å². The van der Waals surface area contributed by atoms with E-state index >= 15 is 0 Å². The fourth-order valence-electron chi connectivity index (χ4n) is 2.10. The summed E-state index contributed by atoms with van der Waals surface area (Å²) in [6, 6.07) is 7.32. The molecule has 0 saturated carbocycles. The molecule has 0 aromatic heterocycles. The molecular weight excluding hydrogens is 242 g/mol. The zero-order chi connectivity index (χ0) is 12.3. The van der Waals surface area contributed by atoms with Crippen LogP contribution < -0.4 is 10.6 Å². The van der Waals surface area contributed by atoms with Crippen molar-refractivity contribution >= 4 is 17.4 Å². The highest BCUT2D eigenvalue weighted by Crippen LogP contribution is 2.29. The molecule has 1 aromatic rings. The molecule has 2 N–H and O–H groups in total. The van der Waals surface area contributed by atoms with E-state index in [0.29, 0.717) is 22.6 Å². The first-order valence-electron chi connectivity index (χ1n) is 5.69. The molecule has 5 heteroatoms. The smallest absolute Gasteiger partial charge is 0.288 e. The summed E-state index contributed by atoms with van der Waals surface area (Å²) in [7, 11) is 0. The molecule has 0 bridgehead atoms. The minimum atomic E-state index is -2.35. The molecule has 1 atom stereocenters. The first-order valence-corrected chi connectivity index (χ1v) is 6.57. The molecule has 0 radical (unpaired) electrons. The summed E-state index contributed by atoms with van der Waals surface area (Å²) in [5.74, 6) is -1.79. The number of nitrogens with zero attached hydrogens (tertiary/aromatic N) is 1. The average Bonchev–Trinajstić information content (AvgIpc) is 2.78. The third-order valence-electron chi connectivity index (χ3n) is 3.05. The number of alkyl halides is 2. The number of thioether (sulfide) groups is 1. The van der Waals surface area contributed by atoms with E-state index in [1.165, 1.54) is 0 Å². The number of rotatable bonds is 4. The third-order valence-corrected chi connectivity index (χ3v) is 3.77. The van der Waals surface area contributed by atoms with Gasteiger partial charge in [0.05, 0.1) is 0 Å². The van der Waals surface area contributed by atoms with Crippen LogP contribution in [0.15, 0.2) is 29.2 Å². The Kier molecular flexibility index (Phi) is 4.23. The first-order chi connectivity index (χ1) is 8.19. The average molecular weight is 258 g/mol. The number of anilines is 1. The van der Waals surface area contributed by atoms with Gasteiger partial charge >= 0.3 is 0 Å². The van der Waals surface area contributed by atoms with Crippen LogP contribution in [-0.2, 0) is 0 Å². The van der Waals surface area contributed by atoms with Crippen LogP contribution in [-0.4, -0.2) is 25.4 Å². The second kappa shape index (κ2) is 5.69. The zero-order valence-electron chi connectivity index (χ0n) is 9.48. The van der Waals surface area contributed by atoms with Gasteiger partial charge in [0.1, 0.15) is 0 Å². The molecule has 17 heavy (non-hydrogen) atoms. The van der Waals surface area contributed by atoms with Crippen molar-refractivity contribution in [3.05, 3.63) is 24.3 Å². The van der Waals surface area contributed by atoms with Gasteiger partial charge < -0.3 is 10.6 Å². The molecular formula is C12H16F2N2S. The van der Waals surface area contributed by atoms with Gasteiger partial charge in [-0.15, -0.1) is 0 Å². The van der Waals surface area contributed by atoms with Crippen LogP contribution in [0.5, 0.6) is 0 Å². The number of hydrogen-bond donors (Lipinski definition) is 1. The van der Waals surface area contributed by atoms with Crippen molar-refractivity contribution in [1.29, 1.82) is 0 Å². The number of hydrogen-bond acceptors (Lipinski definition) is 3. The van der Waals surface area contributed by atoms with Crippen molar-refractivity contribution in [3.63, 3.8) is 0 Å². The van der Waals surface area contributed by atoms with Gasteiger partial charge in [0.25, 0.3) is 5.76 Å². The summed E-state index contributed by atoms with van der Waals surface area (Å²) >= 11 is 0.583. The van der Waals surface area contributed by atoms with Crippen LogP contribution in [0.1, 0.15) is 6.42 Å². The van der Waals surface area contributed by atoms with E-state index in [-0.39, 0.29) is 0 Å². The van der Waals surface area contributed by atoms with Gasteiger partial charge in [-0.25, -0.2) is 0 Å². The summed E-state index contributed by atoms with van der Waals surface area (Å²) < 4.78 is 24.3. The number of benzene rings is 1. The Bertz CT molecular complexity index is 356. The molecule has 2 nitrogen and oxygen atoms in total. The summed E-state index contributed by atoms with van der Waals surface area (Å²) in [5.41, 5.74) is 6.74. The first kappa shape index (κ1) is 12.6. The van der Waals surface area contributed by atoms with Crippen LogP contribution in [0.25, 0.3) is 0 Å². The molecule has 1 saturated heterocycles. The lowest BCUT2D eigenvalue weighted by molar-refractivity contribution is 0.252. The molecule has 1 aliphatic rings. The standard InChI is InChI=1S/C12H16F2N2S/c13-12(14)17-11-3-1-10(2-4-11)16-6-5-9(7-15)8-16/h1-4,9,12H,5-8,15H2. The van der Waals surface area contributed by atoms with Crippen molar-refractivity contribution in [2.45, 2.75) is 17.1 Å². The molecule has 1 unspecified atom stereocenters. The Morgan fingerprint density at radius 1 is 1.35 bits per heavy atom. The lowest BCUT2D eigenvalue weighted by atomic mass is 10.1. The maximum absolute atomic E-state index is 12.2. The van der Waals surface area contributed by atoms with Gasteiger partial charge in [0.15, 0.2) is 0 Å². The predicted octanol–water partition coefficient (Wildman–Crippen LogP) is 2.79. The van der Waals surface area contributed by atoms with Crippen molar-refractivity contribution in [2.24, 2.45) is 11.7 Å². The molecule has 0 aliphatic carbocycles. The number of nitrogens with two attached hydrogens (primary N) is 1. The third kappa shape index (κ3) is 3.33. The molecule has 2 rings (SSSR count). The Balaban J connectivity index is 1.98. The van der Waals surface area contributed by atoms with Gasteiger partial charge in [0, 0.05) is 23.7 Å². The summed E-state index contributed by atoms with van der Waals surface area (Å²) in [4.78, 5) is 2.87. The van der Waals surface area contributed by atoms with Crippen molar-refractivity contribution in [1.82, 2.24) is 0 Å². The highest BCUT2D eigenvalue weighted by atomic mass is 32.2. The summed E-state index contributed by atoms with van der Waals surface area (Å²) in [6.45, 7) is 2.69. The zero-order valence-corrected chi connectivity index (χ0v) is 10.3. The van der Waals surface area contributed by atoms with Gasteiger partial charge in [-0.3, -0.25) is 0 Å². The minimum Gasteiger partial charge on any atom is -0.371 e. The Labute approximate surface area is 104 Å². The van der Waals surface area contributed by atoms with E-state index < -0.39 is 5.76 Å². The van der Waals surface area contributed by atoms with Crippen LogP contribution in [0, 0.1) is 5.92 Å². The highest BCUT2D eigenvalue weighted by Gasteiger charge is 2.21. The van der Waals surface area contributed by atoms with E-state index in [9.17, 15) is 8.78 Å². The molecule has 1 aliphatic heterocycles. The normalized spacial score (nSPS) is 20.2. The Morgan fingerprint density at radius 3 is 2.59 bits per heavy atom. The van der Waals surface area contributed by atoms with Crippen LogP contribution in [0.3, 0.4) is 0 Å². The molecule has 1 fully saturated rings. The molecule has 1 aromatic carbocycles. The van der Waals surface area contributed by atoms with Gasteiger partial charge in [-0.1, -0.05) is 11.8 Å². The molecule has 0 amide bonds. The monoisotopic (exact) mass is 258 g/mol. The van der Waals surface area contributed by atoms with Gasteiger partial charge in [-0.2, -0.15) is 8.78 Å². The van der Waals surface area contributed by atoms with Crippen LogP contribution in [0.2, 0.25) is 0 Å². The Morgan fingerprint density at radius 2 is 2.06 bits per heavy atom. The lowest BCUT2D eigenvalue weighted by Crippen LogP contribution is -2.22. The van der Waals surface area contributed by atoms with Gasteiger partial charge in [0.2, 0.25) is 0 Å². The maximum atomic E-state index is 12.2. The fraction of sp³-hybridized carbons (Fsp3) is 0.500. The van der Waals surface area contributed by atoms with E-state index in [1.807, 2.05) is 12.1 Å². The quantitative estimate of drug-likeness (QED) is 0.842. The summed E-state index contributed by atoms with van der Waals surface area (Å²) in [6.07, 6.45) is 1.12. The van der Waals surface area contributed by atoms with Crippen LogP contribution >= 0.6 is 11.8 Å². The van der Waals surface area contributed by atoms with E-state index in [2.05, 4.69) is 4.90 Å². The van der Waals surface area contributed by atoms with Gasteiger partial charge in [-0.05, 0) is 43.1 Å². The second-order valence-electron chi connectivity index (χ2n) is 4.21. The highest BCUT2D eigenvalue weighted by molar-refractivity contribution is 7.99. The fourth-order valence-corrected chi connectivity index (χ4v) is 2.60. The Hall–Kier alpha value is -0.810. The predicted molar refractivity (Wildman–Crippen MR) is 67.7 cm³/mol. The van der Waals surface area contributed by atoms with Crippen molar-refractivity contribution < 1.29 is 8.78 Å². The minimum absolute atomic E-state index is 0.560. The summed E-state index contributed by atoms with van der Waals surface area (Å²) in [5, 5.41) is 0. The molecule has 1 heterocycles. The van der Waals surface area contributed by atoms with Crippen molar-refractivity contribution in [3.8, 4) is 0 Å². The van der Waals surface area contributed by atoms with E-state index in [0.717, 1.165) is 31.7 Å². The van der Waals surface area contributed by atoms with E-state index in [1.54, 1.807) is 12.1 Å². The number of halogens is 2. The SMILES string of the molecule is NCC1CCN(c2ccc(SC(F)F)cc2)C1. The second-order valence-corrected chi connectivity index (χ2v) is 5.27. The van der Waals surface area contributed by atoms with Crippen LogP contribution in [0.4, 0.5) is 14.5 Å². The molecule has 94 valence electrons. The molecule has 0 spiro atoms. The topological polar surface area (TPSA) is 29.3 Å². The largest absolute Gasteiger partial charge is 0.371 e.